The lowest BCUT2D eigenvalue weighted by molar-refractivity contribution is -0.112. The SMILES string of the molecule is Cc1cc(Cl)ccc1NC(=O)C(=O)c1c[nH]c2ccccc12. The van der Waals surface area contributed by atoms with E-state index in [0.717, 1.165) is 16.5 Å². The summed E-state index contributed by atoms with van der Waals surface area (Å²) in [5, 5.41) is 3.94. The zero-order valence-electron chi connectivity index (χ0n) is 11.8. The van der Waals surface area contributed by atoms with Gasteiger partial charge in [0.2, 0.25) is 0 Å². The number of aromatic amines is 1. The van der Waals surface area contributed by atoms with Crippen LogP contribution in [0.25, 0.3) is 10.9 Å². The quantitative estimate of drug-likeness (QED) is 0.568. The molecule has 0 aliphatic heterocycles. The van der Waals surface area contributed by atoms with Crippen molar-refractivity contribution in [3.8, 4) is 0 Å². The molecule has 1 heterocycles. The Labute approximate surface area is 132 Å². The van der Waals surface area contributed by atoms with Gasteiger partial charge in [-0.1, -0.05) is 29.8 Å². The van der Waals surface area contributed by atoms with Crippen molar-refractivity contribution in [3.63, 3.8) is 0 Å². The van der Waals surface area contributed by atoms with E-state index in [0.29, 0.717) is 16.3 Å². The molecule has 0 saturated carbocycles. The monoisotopic (exact) mass is 312 g/mol. The highest BCUT2D eigenvalue weighted by molar-refractivity contribution is 6.48. The van der Waals surface area contributed by atoms with Crippen molar-refractivity contribution in [1.82, 2.24) is 4.98 Å². The van der Waals surface area contributed by atoms with Crippen molar-refractivity contribution in [2.24, 2.45) is 0 Å². The molecule has 0 aliphatic carbocycles. The number of hydrogen-bond donors (Lipinski definition) is 2. The summed E-state index contributed by atoms with van der Waals surface area (Å²) in [6, 6.07) is 12.4. The maximum atomic E-state index is 12.3. The third-order valence-electron chi connectivity index (χ3n) is 3.48. The molecule has 0 atom stereocenters. The lowest BCUT2D eigenvalue weighted by Gasteiger charge is -2.07. The molecule has 0 radical (unpaired) electrons. The Morgan fingerprint density at radius 2 is 1.91 bits per heavy atom. The van der Waals surface area contributed by atoms with E-state index in [1.54, 1.807) is 30.5 Å². The van der Waals surface area contributed by atoms with Gasteiger partial charge >= 0.3 is 0 Å². The summed E-state index contributed by atoms with van der Waals surface area (Å²) in [5.41, 5.74) is 2.55. The number of anilines is 1. The summed E-state index contributed by atoms with van der Waals surface area (Å²) in [5.74, 6) is -1.25. The number of amides is 1. The normalized spacial score (nSPS) is 10.6. The topological polar surface area (TPSA) is 62.0 Å². The largest absolute Gasteiger partial charge is 0.360 e. The molecule has 0 saturated heterocycles. The molecule has 2 N–H and O–H groups in total. The average Bonchev–Trinajstić information content (AvgIpc) is 2.93. The van der Waals surface area contributed by atoms with Crippen LogP contribution in [0.2, 0.25) is 5.02 Å². The Kier molecular flexibility index (Phi) is 3.69. The van der Waals surface area contributed by atoms with Crippen molar-refractivity contribution in [1.29, 1.82) is 0 Å². The van der Waals surface area contributed by atoms with Crippen LogP contribution in [-0.2, 0) is 4.79 Å². The first kappa shape index (κ1) is 14.4. The highest BCUT2D eigenvalue weighted by Crippen LogP contribution is 2.21. The number of carbonyl (C=O) groups excluding carboxylic acids is 2. The van der Waals surface area contributed by atoms with Crippen molar-refractivity contribution >= 4 is 39.9 Å². The number of benzene rings is 2. The van der Waals surface area contributed by atoms with Crippen molar-refractivity contribution in [2.75, 3.05) is 5.32 Å². The Morgan fingerprint density at radius 1 is 1.14 bits per heavy atom. The summed E-state index contributed by atoms with van der Waals surface area (Å²) in [7, 11) is 0. The Balaban J connectivity index is 1.87. The van der Waals surface area contributed by atoms with Gasteiger partial charge in [-0.05, 0) is 36.8 Å². The second-order valence-electron chi connectivity index (χ2n) is 4.99. The standard InChI is InChI=1S/C17H13ClN2O2/c1-10-8-11(18)6-7-14(10)20-17(22)16(21)13-9-19-15-5-3-2-4-12(13)15/h2-9,19H,1H3,(H,20,22). The van der Waals surface area contributed by atoms with E-state index >= 15 is 0 Å². The zero-order chi connectivity index (χ0) is 15.7. The number of hydrogen-bond acceptors (Lipinski definition) is 2. The zero-order valence-corrected chi connectivity index (χ0v) is 12.6. The molecule has 1 amide bonds. The molecular weight excluding hydrogens is 300 g/mol. The molecule has 3 rings (SSSR count). The lowest BCUT2D eigenvalue weighted by atomic mass is 10.1. The van der Waals surface area contributed by atoms with Gasteiger partial charge in [-0.2, -0.15) is 0 Å². The van der Waals surface area contributed by atoms with Gasteiger partial charge in [0.25, 0.3) is 11.7 Å². The van der Waals surface area contributed by atoms with E-state index in [-0.39, 0.29) is 0 Å². The van der Waals surface area contributed by atoms with Crippen LogP contribution in [0.3, 0.4) is 0 Å². The predicted molar refractivity (Wildman–Crippen MR) is 87.4 cm³/mol. The number of H-pyrrole nitrogens is 1. The molecule has 1 aromatic heterocycles. The van der Waals surface area contributed by atoms with Gasteiger partial charge < -0.3 is 10.3 Å². The first-order chi connectivity index (χ1) is 10.6. The van der Waals surface area contributed by atoms with Crippen LogP contribution < -0.4 is 5.32 Å². The Hall–Kier alpha value is -2.59. The molecule has 5 heteroatoms. The molecule has 110 valence electrons. The minimum atomic E-state index is -0.671. The number of ketones is 1. The van der Waals surface area contributed by atoms with E-state index < -0.39 is 11.7 Å². The molecule has 0 bridgehead atoms. The van der Waals surface area contributed by atoms with Gasteiger partial charge in [0, 0.05) is 27.8 Å². The van der Waals surface area contributed by atoms with Crippen LogP contribution in [0, 0.1) is 6.92 Å². The smallest absolute Gasteiger partial charge is 0.296 e. The molecular formula is C17H13ClN2O2. The summed E-state index contributed by atoms with van der Waals surface area (Å²) in [4.78, 5) is 27.5. The van der Waals surface area contributed by atoms with Gasteiger partial charge in [0.15, 0.2) is 0 Å². The number of Topliss-reactive ketones (excluding diaryl/α,β-unsaturated/α-hetero) is 1. The summed E-state index contributed by atoms with van der Waals surface area (Å²) < 4.78 is 0. The number of aromatic nitrogens is 1. The fourth-order valence-corrected chi connectivity index (χ4v) is 2.55. The summed E-state index contributed by atoms with van der Waals surface area (Å²) in [6.45, 7) is 1.82. The number of aryl methyl sites for hydroxylation is 1. The number of rotatable bonds is 3. The fraction of sp³-hybridized carbons (Fsp3) is 0.0588. The molecule has 22 heavy (non-hydrogen) atoms. The third kappa shape index (κ3) is 2.61. The van der Waals surface area contributed by atoms with Gasteiger partial charge in [0.1, 0.15) is 0 Å². The van der Waals surface area contributed by atoms with Gasteiger partial charge in [-0.15, -0.1) is 0 Å². The van der Waals surface area contributed by atoms with Crippen molar-refractivity contribution in [3.05, 3.63) is 64.8 Å². The maximum Gasteiger partial charge on any atom is 0.296 e. The highest BCUT2D eigenvalue weighted by atomic mass is 35.5. The summed E-state index contributed by atoms with van der Waals surface area (Å²) >= 11 is 5.88. The third-order valence-corrected chi connectivity index (χ3v) is 3.71. The van der Waals surface area contributed by atoms with Crippen LogP contribution in [0.15, 0.2) is 48.7 Å². The number of para-hydroxylation sites is 1. The van der Waals surface area contributed by atoms with E-state index in [9.17, 15) is 9.59 Å². The van der Waals surface area contributed by atoms with Crippen LogP contribution in [-0.4, -0.2) is 16.7 Å². The molecule has 0 spiro atoms. The van der Waals surface area contributed by atoms with E-state index in [2.05, 4.69) is 10.3 Å². The van der Waals surface area contributed by atoms with Crippen LogP contribution >= 0.6 is 11.6 Å². The summed E-state index contributed by atoms with van der Waals surface area (Å²) in [6.07, 6.45) is 1.56. The minimum absolute atomic E-state index is 0.361. The molecule has 0 fully saturated rings. The van der Waals surface area contributed by atoms with E-state index in [1.807, 2.05) is 25.1 Å². The predicted octanol–water partition coefficient (Wildman–Crippen LogP) is 3.95. The first-order valence-electron chi connectivity index (χ1n) is 6.74. The molecule has 3 aromatic rings. The van der Waals surface area contributed by atoms with Crippen LogP contribution in [0.5, 0.6) is 0 Å². The fourth-order valence-electron chi connectivity index (χ4n) is 2.33. The Morgan fingerprint density at radius 3 is 2.68 bits per heavy atom. The van der Waals surface area contributed by atoms with E-state index in [4.69, 9.17) is 11.6 Å². The molecule has 0 unspecified atom stereocenters. The molecule has 0 aliphatic rings. The van der Waals surface area contributed by atoms with E-state index in [1.165, 1.54) is 0 Å². The molecule has 4 nitrogen and oxygen atoms in total. The Bertz CT molecular complexity index is 883. The second kappa shape index (κ2) is 5.66. The van der Waals surface area contributed by atoms with Crippen molar-refractivity contribution < 1.29 is 9.59 Å². The van der Waals surface area contributed by atoms with Gasteiger partial charge in [-0.25, -0.2) is 0 Å². The first-order valence-corrected chi connectivity index (χ1v) is 7.12. The van der Waals surface area contributed by atoms with Crippen LogP contribution in [0.4, 0.5) is 5.69 Å². The van der Waals surface area contributed by atoms with Gasteiger partial charge in [-0.3, -0.25) is 9.59 Å². The maximum absolute atomic E-state index is 12.3. The number of carbonyl (C=O) groups is 2. The minimum Gasteiger partial charge on any atom is -0.360 e. The highest BCUT2D eigenvalue weighted by Gasteiger charge is 2.20. The molecule has 2 aromatic carbocycles. The second-order valence-corrected chi connectivity index (χ2v) is 5.43. The van der Waals surface area contributed by atoms with Crippen LogP contribution in [0.1, 0.15) is 15.9 Å². The average molecular weight is 313 g/mol. The van der Waals surface area contributed by atoms with Gasteiger partial charge in [0.05, 0.1) is 5.56 Å². The van der Waals surface area contributed by atoms with Crippen molar-refractivity contribution in [2.45, 2.75) is 6.92 Å². The number of halogens is 1. The lowest BCUT2D eigenvalue weighted by Crippen LogP contribution is -2.23. The number of fused-ring (bicyclic) bond motifs is 1. The number of nitrogens with one attached hydrogen (secondary N) is 2.